The number of H-pyrrole nitrogens is 1. The number of hydrogen-bond donors (Lipinski definition) is 2. The Morgan fingerprint density at radius 3 is 2.79 bits per heavy atom. The van der Waals surface area contributed by atoms with Crippen molar-refractivity contribution in [3.63, 3.8) is 0 Å². The minimum Gasteiger partial charge on any atom is -0.368 e. The van der Waals surface area contributed by atoms with Crippen molar-refractivity contribution in [2.75, 3.05) is 6.54 Å². The summed E-state index contributed by atoms with van der Waals surface area (Å²) < 4.78 is 0. The van der Waals surface area contributed by atoms with Gasteiger partial charge in [-0.05, 0) is 43.2 Å². The molecule has 4 rings (SSSR count). The van der Waals surface area contributed by atoms with Gasteiger partial charge in [-0.2, -0.15) is 5.10 Å². The van der Waals surface area contributed by atoms with Crippen LogP contribution in [0.1, 0.15) is 51.8 Å². The molecule has 3 N–H and O–H groups in total. The Kier molecular flexibility index (Phi) is 3.59. The number of carbonyl (C=O) groups excluding carboxylic acids is 2. The highest BCUT2D eigenvalue weighted by Gasteiger charge is 2.37. The van der Waals surface area contributed by atoms with Crippen LogP contribution in [0.25, 0.3) is 0 Å². The lowest BCUT2D eigenvalue weighted by atomic mass is 9.91. The number of aromatic nitrogens is 2. The third kappa shape index (κ3) is 2.29. The van der Waals surface area contributed by atoms with Gasteiger partial charge < -0.3 is 10.6 Å². The summed E-state index contributed by atoms with van der Waals surface area (Å²) in [6.45, 7) is 0.477. The summed E-state index contributed by atoms with van der Waals surface area (Å²) in [5.41, 5.74) is 10.1. The van der Waals surface area contributed by atoms with Crippen LogP contribution in [0.15, 0.2) is 24.3 Å². The third-order valence-corrected chi connectivity index (χ3v) is 5.07. The van der Waals surface area contributed by atoms with Gasteiger partial charge in [0, 0.05) is 17.8 Å². The van der Waals surface area contributed by atoms with Crippen LogP contribution in [0.2, 0.25) is 0 Å². The van der Waals surface area contributed by atoms with Gasteiger partial charge in [0.25, 0.3) is 5.91 Å². The van der Waals surface area contributed by atoms with Gasteiger partial charge in [0.2, 0.25) is 5.91 Å². The molecule has 1 aromatic carbocycles. The molecule has 6 heteroatoms. The van der Waals surface area contributed by atoms with Crippen LogP contribution in [0.4, 0.5) is 0 Å². The van der Waals surface area contributed by atoms with E-state index in [0.717, 1.165) is 54.5 Å². The summed E-state index contributed by atoms with van der Waals surface area (Å²) in [6.07, 6.45) is 4.69. The highest BCUT2D eigenvalue weighted by molar-refractivity contribution is 5.98. The Bertz CT molecular complexity index is 811. The van der Waals surface area contributed by atoms with E-state index in [1.807, 2.05) is 24.3 Å². The molecule has 6 nitrogen and oxygen atoms in total. The molecule has 0 saturated heterocycles. The molecule has 2 heterocycles. The predicted molar refractivity (Wildman–Crippen MR) is 88.3 cm³/mol. The Hall–Kier alpha value is -2.63. The Balaban J connectivity index is 1.72. The van der Waals surface area contributed by atoms with Crippen molar-refractivity contribution in [2.24, 2.45) is 5.73 Å². The first kappa shape index (κ1) is 14.9. The SMILES string of the molecule is NC(=O)C1c2ccccc2CCN1C(=O)c1n[nH]c2c1CCCC2. The lowest BCUT2D eigenvalue weighted by Crippen LogP contribution is -2.46. The van der Waals surface area contributed by atoms with Crippen LogP contribution in [-0.2, 0) is 24.1 Å². The molecule has 24 heavy (non-hydrogen) atoms. The smallest absolute Gasteiger partial charge is 0.275 e. The second-order valence-electron chi connectivity index (χ2n) is 6.49. The fourth-order valence-electron chi connectivity index (χ4n) is 3.89. The monoisotopic (exact) mass is 324 g/mol. The molecule has 0 saturated carbocycles. The number of aryl methyl sites for hydroxylation is 1. The maximum absolute atomic E-state index is 13.1. The van der Waals surface area contributed by atoms with Crippen LogP contribution in [0.5, 0.6) is 0 Å². The molecule has 0 bridgehead atoms. The first-order valence-electron chi connectivity index (χ1n) is 8.41. The average molecular weight is 324 g/mol. The number of hydrogen-bond acceptors (Lipinski definition) is 3. The van der Waals surface area contributed by atoms with Crippen LogP contribution in [-0.4, -0.2) is 33.5 Å². The minimum absolute atomic E-state index is 0.201. The standard InChI is InChI=1S/C18H20N4O2/c19-17(23)16-12-6-2-1-5-11(12)9-10-22(16)18(24)15-13-7-3-4-8-14(13)20-21-15/h1-2,5-6,16H,3-4,7-10H2,(H2,19,23)(H,20,21). The number of benzene rings is 1. The average Bonchev–Trinajstić information content (AvgIpc) is 3.04. The minimum atomic E-state index is -0.724. The van der Waals surface area contributed by atoms with E-state index in [0.29, 0.717) is 12.2 Å². The van der Waals surface area contributed by atoms with E-state index in [4.69, 9.17) is 5.73 Å². The number of carbonyl (C=O) groups is 2. The molecule has 1 atom stereocenters. The molecule has 124 valence electrons. The van der Waals surface area contributed by atoms with E-state index in [-0.39, 0.29) is 5.91 Å². The zero-order chi connectivity index (χ0) is 16.7. The van der Waals surface area contributed by atoms with Crippen molar-refractivity contribution < 1.29 is 9.59 Å². The van der Waals surface area contributed by atoms with Crippen molar-refractivity contribution in [1.29, 1.82) is 0 Å². The van der Waals surface area contributed by atoms with Crippen molar-refractivity contribution in [2.45, 2.75) is 38.1 Å². The summed E-state index contributed by atoms with van der Waals surface area (Å²) in [5.74, 6) is -0.701. The number of primary amides is 1. The van der Waals surface area contributed by atoms with E-state index < -0.39 is 11.9 Å². The lowest BCUT2D eigenvalue weighted by molar-refractivity contribution is -0.123. The topological polar surface area (TPSA) is 92.1 Å². The molecular formula is C18H20N4O2. The molecule has 1 aliphatic heterocycles. The predicted octanol–water partition coefficient (Wildman–Crippen LogP) is 1.51. The van der Waals surface area contributed by atoms with E-state index in [1.54, 1.807) is 4.90 Å². The van der Waals surface area contributed by atoms with Gasteiger partial charge in [-0.15, -0.1) is 0 Å². The fraction of sp³-hybridized carbons (Fsp3) is 0.389. The second kappa shape index (κ2) is 5.78. The summed E-state index contributed by atoms with van der Waals surface area (Å²) in [6, 6.07) is 6.96. The first-order chi connectivity index (χ1) is 11.7. The van der Waals surface area contributed by atoms with Crippen LogP contribution >= 0.6 is 0 Å². The van der Waals surface area contributed by atoms with Gasteiger partial charge >= 0.3 is 0 Å². The summed E-state index contributed by atoms with van der Waals surface area (Å²) in [5, 5.41) is 7.25. The maximum Gasteiger partial charge on any atom is 0.275 e. The number of nitrogens with two attached hydrogens (primary N) is 1. The molecule has 1 aromatic heterocycles. The van der Waals surface area contributed by atoms with E-state index >= 15 is 0 Å². The number of rotatable bonds is 2. The fourth-order valence-corrected chi connectivity index (χ4v) is 3.89. The summed E-state index contributed by atoms with van der Waals surface area (Å²) >= 11 is 0. The zero-order valence-corrected chi connectivity index (χ0v) is 13.4. The number of nitrogens with zero attached hydrogens (tertiary/aromatic N) is 2. The molecule has 2 amide bonds. The third-order valence-electron chi connectivity index (χ3n) is 5.07. The van der Waals surface area contributed by atoms with E-state index in [2.05, 4.69) is 10.2 Å². The van der Waals surface area contributed by atoms with Crippen molar-refractivity contribution in [3.05, 3.63) is 52.3 Å². The van der Waals surface area contributed by atoms with Gasteiger partial charge in [-0.1, -0.05) is 24.3 Å². The summed E-state index contributed by atoms with van der Waals surface area (Å²) in [7, 11) is 0. The van der Waals surface area contributed by atoms with Crippen molar-refractivity contribution in [3.8, 4) is 0 Å². The normalized spacial score (nSPS) is 19.5. The Morgan fingerprint density at radius 2 is 1.96 bits per heavy atom. The highest BCUT2D eigenvalue weighted by atomic mass is 16.2. The number of fused-ring (bicyclic) bond motifs is 2. The molecule has 2 aliphatic rings. The number of aromatic amines is 1. The largest absolute Gasteiger partial charge is 0.368 e. The van der Waals surface area contributed by atoms with Gasteiger partial charge in [-0.3, -0.25) is 14.7 Å². The highest BCUT2D eigenvalue weighted by Crippen LogP contribution is 2.32. The molecule has 1 unspecified atom stereocenters. The summed E-state index contributed by atoms with van der Waals surface area (Å²) in [4.78, 5) is 26.8. The van der Waals surface area contributed by atoms with Crippen LogP contribution in [0, 0.1) is 0 Å². The maximum atomic E-state index is 13.1. The molecule has 0 fully saturated rings. The van der Waals surface area contributed by atoms with Gasteiger partial charge in [-0.25, -0.2) is 0 Å². The van der Waals surface area contributed by atoms with E-state index in [9.17, 15) is 9.59 Å². The van der Waals surface area contributed by atoms with Gasteiger partial charge in [0.15, 0.2) is 5.69 Å². The van der Waals surface area contributed by atoms with Crippen LogP contribution < -0.4 is 5.73 Å². The Morgan fingerprint density at radius 1 is 1.17 bits per heavy atom. The van der Waals surface area contributed by atoms with Crippen molar-refractivity contribution >= 4 is 11.8 Å². The lowest BCUT2D eigenvalue weighted by Gasteiger charge is -2.35. The number of nitrogens with one attached hydrogen (secondary N) is 1. The molecule has 1 aliphatic carbocycles. The van der Waals surface area contributed by atoms with Crippen molar-refractivity contribution in [1.82, 2.24) is 15.1 Å². The van der Waals surface area contributed by atoms with E-state index in [1.165, 1.54) is 0 Å². The van der Waals surface area contributed by atoms with Crippen LogP contribution in [0.3, 0.4) is 0 Å². The second-order valence-corrected chi connectivity index (χ2v) is 6.49. The zero-order valence-electron chi connectivity index (χ0n) is 13.4. The number of amides is 2. The molecule has 0 spiro atoms. The Labute approximate surface area is 140 Å². The van der Waals surface area contributed by atoms with Gasteiger partial charge in [0.1, 0.15) is 6.04 Å². The first-order valence-corrected chi connectivity index (χ1v) is 8.41. The molecular weight excluding hydrogens is 304 g/mol. The van der Waals surface area contributed by atoms with Gasteiger partial charge in [0.05, 0.1) is 0 Å². The molecule has 2 aromatic rings. The molecule has 0 radical (unpaired) electrons. The quantitative estimate of drug-likeness (QED) is 0.877.